The molecule has 1 unspecified atom stereocenters. The Labute approximate surface area is 114 Å². The van der Waals surface area contributed by atoms with Gasteiger partial charge in [0.1, 0.15) is 0 Å². The third kappa shape index (κ3) is 2.81. The topological polar surface area (TPSA) is 54.5 Å². The summed E-state index contributed by atoms with van der Waals surface area (Å²) >= 11 is 0. The summed E-state index contributed by atoms with van der Waals surface area (Å²) in [4.78, 5) is 14.0. The van der Waals surface area contributed by atoms with Crippen LogP contribution in [0.15, 0.2) is 24.3 Å². The molecule has 1 aromatic rings. The highest BCUT2D eigenvalue weighted by molar-refractivity contribution is 7.91. The van der Waals surface area contributed by atoms with E-state index < -0.39 is 15.4 Å². The van der Waals surface area contributed by atoms with Gasteiger partial charge in [-0.1, -0.05) is 17.7 Å². The molecule has 19 heavy (non-hydrogen) atoms. The quantitative estimate of drug-likeness (QED) is 0.828. The summed E-state index contributed by atoms with van der Waals surface area (Å²) in [6, 6.07) is 7.32. The van der Waals surface area contributed by atoms with Crippen molar-refractivity contribution in [2.45, 2.75) is 25.8 Å². The van der Waals surface area contributed by atoms with Crippen LogP contribution in [0.4, 0.5) is 0 Å². The highest BCUT2D eigenvalue weighted by atomic mass is 32.2. The molecule has 0 aliphatic carbocycles. The predicted molar refractivity (Wildman–Crippen MR) is 74.9 cm³/mol. The van der Waals surface area contributed by atoms with Gasteiger partial charge in [-0.05, 0) is 32.4 Å². The highest BCUT2D eigenvalue weighted by Gasteiger charge is 2.43. The van der Waals surface area contributed by atoms with Gasteiger partial charge in [0.25, 0.3) is 5.91 Å². The molecule has 4 nitrogen and oxygen atoms in total. The van der Waals surface area contributed by atoms with Crippen LogP contribution in [0.25, 0.3) is 0 Å². The number of hydrogen-bond donors (Lipinski definition) is 0. The van der Waals surface area contributed by atoms with E-state index in [9.17, 15) is 13.2 Å². The van der Waals surface area contributed by atoms with Gasteiger partial charge in [-0.25, -0.2) is 8.42 Å². The molecule has 1 amide bonds. The van der Waals surface area contributed by atoms with Crippen molar-refractivity contribution in [3.8, 4) is 0 Å². The summed E-state index contributed by atoms with van der Waals surface area (Å²) in [6.07, 6.45) is 0.503. The maximum atomic E-state index is 12.4. The van der Waals surface area contributed by atoms with Gasteiger partial charge in [-0.15, -0.1) is 0 Å². The number of amides is 1. The zero-order chi connectivity index (χ0) is 14.3. The molecule has 2 rings (SSSR count). The second-order valence-corrected chi connectivity index (χ2v) is 7.75. The number of aryl methyl sites for hydroxylation is 1. The summed E-state index contributed by atoms with van der Waals surface area (Å²) in [5.41, 5.74) is 1.09. The van der Waals surface area contributed by atoms with Gasteiger partial charge in [-0.3, -0.25) is 4.79 Å². The van der Waals surface area contributed by atoms with E-state index in [0.717, 1.165) is 5.56 Å². The summed E-state index contributed by atoms with van der Waals surface area (Å²) in [5.74, 6) is 0.0861. The Morgan fingerprint density at radius 3 is 2.32 bits per heavy atom. The normalized spacial score (nSPS) is 25.2. The minimum Gasteiger partial charge on any atom is -0.335 e. The Kier molecular flexibility index (Phi) is 3.43. The lowest BCUT2D eigenvalue weighted by molar-refractivity contribution is 0.0638. The van der Waals surface area contributed by atoms with Crippen molar-refractivity contribution >= 4 is 15.7 Å². The number of nitrogens with zero attached hydrogens (tertiary/aromatic N) is 1. The van der Waals surface area contributed by atoms with Crippen LogP contribution < -0.4 is 0 Å². The molecule has 0 spiro atoms. The van der Waals surface area contributed by atoms with Gasteiger partial charge < -0.3 is 4.90 Å². The van der Waals surface area contributed by atoms with E-state index in [1.807, 2.05) is 26.0 Å². The molecule has 1 atom stereocenters. The maximum absolute atomic E-state index is 12.4. The van der Waals surface area contributed by atoms with E-state index >= 15 is 0 Å². The third-order valence-corrected chi connectivity index (χ3v) is 5.78. The SMILES string of the molecule is Cc1ccc(C(=O)N(C)C2(C)CCS(=O)(=O)C2)cc1. The number of carbonyl (C=O) groups is 1. The second kappa shape index (κ2) is 4.63. The van der Waals surface area contributed by atoms with Crippen molar-refractivity contribution in [1.29, 1.82) is 0 Å². The molecule has 1 heterocycles. The first-order valence-corrected chi connectivity index (χ1v) is 8.11. The van der Waals surface area contributed by atoms with Crippen molar-refractivity contribution < 1.29 is 13.2 Å². The van der Waals surface area contributed by atoms with Crippen molar-refractivity contribution in [2.75, 3.05) is 18.6 Å². The van der Waals surface area contributed by atoms with Gasteiger partial charge in [0, 0.05) is 12.6 Å². The first kappa shape index (κ1) is 14.1. The Morgan fingerprint density at radius 1 is 1.26 bits per heavy atom. The fourth-order valence-electron chi connectivity index (χ4n) is 2.39. The Bertz CT molecular complexity index is 592. The molecule has 0 aromatic heterocycles. The lowest BCUT2D eigenvalue weighted by atomic mass is 9.98. The van der Waals surface area contributed by atoms with Gasteiger partial charge in [-0.2, -0.15) is 0 Å². The van der Waals surface area contributed by atoms with Crippen molar-refractivity contribution in [3.63, 3.8) is 0 Å². The zero-order valence-corrected chi connectivity index (χ0v) is 12.3. The minimum atomic E-state index is -3.02. The molecule has 0 saturated carbocycles. The molecule has 1 aliphatic rings. The summed E-state index contributed by atoms with van der Waals surface area (Å²) < 4.78 is 23.2. The Balaban J connectivity index is 2.22. The van der Waals surface area contributed by atoms with Crippen molar-refractivity contribution in [2.24, 2.45) is 0 Å². The molecule has 1 aromatic carbocycles. The van der Waals surface area contributed by atoms with Crippen LogP contribution in [0.2, 0.25) is 0 Å². The lowest BCUT2D eigenvalue weighted by Gasteiger charge is -2.34. The number of benzene rings is 1. The van der Waals surface area contributed by atoms with Crippen LogP contribution in [0.1, 0.15) is 29.3 Å². The second-order valence-electron chi connectivity index (χ2n) is 5.57. The average Bonchev–Trinajstić information content (AvgIpc) is 2.64. The number of sulfone groups is 1. The van der Waals surface area contributed by atoms with Crippen LogP contribution >= 0.6 is 0 Å². The monoisotopic (exact) mass is 281 g/mol. The van der Waals surface area contributed by atoms with Crippen LogP contribution in [-0.4, -0.2) is 43.3 Å². The fourth-order valence-corrected chi connectivity index (χ4v) is 4.57. The number of carbonyl (C=O) groups excluding carboxylic acids is 1. The van der Waals surface area contributed by atoms with E-state index in [0.29, 0.717) is 12.0 Å². The standard InChI is InChI=1S/C14H19NO3S/c1-11-4-6-12(7-5-11)13(16)15(3)14(2)8-9-19(17,18)10-14/h4-7H,8-10H2,1-3H3. The third-order valence-electron chi connectivity index (χ3n) is 3.90. The molecular weight excluding hydrogens is 262 g/mol. The molecule has 0 bridgehead atoms. The highest BCUT2D eigenvalue weighted by Crippen LogP contribution is 2.29. The molecule has 1 fully saturated rings. The van der Waals surface area contributed by atoms with Crippen LogP contribution in [0.3, 0.4) is 0 Å². The molecule has 1 saturated heterocycles. The molecule has 0 N–H and O–H groups in total. The average molecular weight is 281 g/mol. The van der Waals surface area contributed by atoms with Gasteiger partial charge >= 0.3 is 0 Å². The summed E-state index contributed by atoms with van der Waals surface area (Å²) in [6.45, 7) is 3.80. The van der Waals surface area contributed by atoms with E-state index in [4.69, 9.17) is 0 Å². The molecule has 5 heteroatoms. The largest absolute Gasteiger partial charge is 0.335 e. The first-order chi connectivity index (χ1) is 8.73. The molecular formula is C14H19NO3S. The van der Waals surface area contributed by atoms with E-state index in [-0.39, 0.29) is 17.4 Å². The van der Waals surface area contributed by atoms with Crippen LogP contribution in [0, 0.1) is 6.92 Å². The summed E-state index contributed by atoms with van der Waals surface area (Å²) in [7, 11) is -1.33. The number of hydrogen-bond acceptors (Lipinski definition) is 3. The van der Waals surface area contributed by atoms with Gasteiger partial charge in [0.05, 0.1) is 17.0 Å². The van der Waals surface area contributed by atoms with E-state index in [1.165, 1.54) is 0 Å². The van der Waals surface area contributed by atoms with E-state index in [1.54, 1.807) is 24.1 Å². The maximum Gasteiger partial charge on any atom is 0.254 e. The van der Waals surface area contributed by atoms with E-state index in [2.05, 4.69) is 0 Å². The molecule has 1 aliphatic heterocycles. The molecule has 0 radical (unpaired) electrons. The van der Waals surface area contributed by atoms with Crippen molar-refractivity contribution in [1.82, 2.24) is 4.90 Å². The van der Waals surface area contributed by atoms with Crippen LogP contribution in [0.5, 0.6) is 0 Å². The van der Waals surface area contributed by atoms with Gasteiger partial charge in [0.2, 0.25) is 0 Å². The zero-order valence-electron chi connectivity index (χ0n) is 11.5. The minimum absolute atomic E-state index is 0.0497. The lowest BCUT2D eigenvalue weighted by Crippen LogP contribution is -2.48. The Hall–Kier alpha value is -1.36. The first-order valence-electron chi connectivity index (χ1n) is 6.29. The van der Waals surface area contributed by atoms with Crippen molar-refractivity contribution in [3.05, 3.63) is 35.4 Å². The fraction of sp³-hybridized carbons (Fsp3) is 0.500. The van der Waals surface area contributed by atoms with Crippen LogP contribution in [-0.2, 0) is 9.84 Å². The Morgan fingerprint density at radius 2 is 1.84 bits per heavy atom. The summed E-state index contributed by atoms with van der Waals surface area (Å²) in [5, 5.41) is 0. The molecule has 104 valence electrons. The predicted octanol–water partition coefficient (Wildman–Crippen LogP) is 1.64. The van der Waals surface area contributed by atoms with Gasteiger partial charge in [0.15, 0.2) is 9.84 Å². The number of rotatable bonds is 2. The smallest absolute Gasteiger partial charge is 0.254 e.